The van der Waals surface area contributed by atoms with Crippen molar-refractivity contribution in [3.63, 3.8) is 0 Å². The molecule has 2 unspecified atom stereocenters. The molecule has 1 saturated carbocycles. The molecule has 0 aromatic heterocycles. The van der Waals surface area contributed by atoms with Gasteiger partial charge in [-0.2, -0.15) is 0 Å². The van der Waals surface area contributed by atoms with Crippen molar-refractivity contribution in [1.29, 1.82) is 0 Å². The number of ketones is 1. The Morgan fingerprint density at radius 1 is 1.40 bits per heavy atom. The van der Waals surface area contributed by atoms with Crippen molar-refractivity contribution in [2.75, 3.05) is 6.54 Å². The summed E-state index contributed by atoms with van der Waals surface area (Å²) in [4.78, 5) is 11.0. The lowest BCUT2D eigenvalue weighted by Crippen LogP contribution is -2.37. The third-order valence-corrected chi connectivity index (χ3v) is 2.66. The highest BCUT2D eigenvalue weighted by Gasteiger charge is 2.33. The zero-order chi connectivity index (χ0) is 6.97. The topological polar surface area (TPSA) is 29.1 Å². The highest BCUT2D eigenvalue weighted by molar-refractivity contribution is 5.81. The molecule has 0 bridgehead atoms. The van der Waals surface area contributed by atoms with Gasteiger partial charge in [-0.1, -0.05) is 0 Å². The molecule has 2 fully saturated rings. The van der Waals surface area contributed by atoms with Gasteiger partial charge in [-0.3, -0.25) is 4.79 Å². The summed E-state index contributed by atoms with van der Waals surface area (Å²) in [5, 5.41) is 3.39. The van der Waals surface area contributed by atoms with E-state index in [1.54, 1.807) is 0 Å². The molecule has 1 aliphatic heterocycles. The summed E-state index contributed by atoms with van der Waals surface area (Å²) in [6.07, 6.45) is 4.17. The minimum Gasteiger partial charge on any atom is -0.313 e. The molecule has 0 amide bonds. The molecule has 0 aromatic rings. The quantitative estimate of drug-likeness (QED) is 0.535. The Labute approximate surface area is 61.0 Å². The van der Waals surface area contributed by atoms with Crippen LogP contribution >= 0.6 is 0 Å². The van der Waals surface area contributed by atoms with Crippen LogP contribution in [0.25, 0.3) is 0 Å². The zero-order valence-corrected chi connectivity index (χ0v) is 6.10. The first kappa shape index (κ1) is 6.35. The molecule has 0 aromatic carbocycles. The molecule has 1 aliphatic carbocycles. The number of Topliss-reactive ketones (excluding diaryl/α,β-unsaturated/α-hetero) is 1. The van der Waals surface area contributed by atoms with Crippen molar-refractivity contribution >= 4 is 5.78 Å². The van der Waals surface area contributed by atoms with Crippen LogP contribution in [0.1, 0.15) is 25.7 Å². The fourth-order valence-corrected chi connectivity index (χ4v) is 2.12. The zero-order valence-electron chi connectivity index (χ0n) is 6.10. The molecule has 2 atom stereocenters. The minimum absolute atomic E-state index is 0.462. The summed E-state index contributed by atoms with van der Waals surface area (Å²) in [6, 6.07) is 0.543. The van der Waals surface area contributed by atoms with Crippen molar-refractivity contribution in [3.05, 3.63) is 0 Å². The summed E-state index contributed by atoms with van der Waals surface area (Å²) in [6.45, 7) is 1.12. The molecule has 2 rings (SSSR count). The van der Waals surface area contributed by atoms with Gasteiger partial charge < -0.3 is 5.32 Å². The van der Waals surface area contributed by atoms with E-state index in [2.05, 4.69) is 5.32 Å². The van der Waals surface area contributed by atoms with Crippen molar-refractivity contribution in [3.8, 4) is 0 Å². The highest BCUT2D eigenvalue weighted by Crippen LogP contribution is 2.29. The number of hydrogen-bond acceptors (Lipinski definition) is 2. The van der Waals surface area contributed by atoms with Gasteiger partial charge in [0.1, 0.15) is 5.78 Å². The Balaban J connectivity index is 2.04. The van der Waals surface area contributed by atoms with Crippen LogP contribution in [0.2, 0.25) is 0 Å². The lowest BCUT2D eigenvalue weighted by atomic mass is 9.94. The average molecular weight is 139 g/mol. The van der Waals surface area contributed by atoms with E-state index in [4.69, 9.17) is 0 Å². The van der Waals surface area contributed by atoms with Gasteiger partial charge in [0.25, 0.3) is 0 Å². The van der Waals surface area contributed by atoms with Gasteiger partial charge in [-0.15, -0.1) is 0 Å². The predicted octanol–water partition coefficient (Wildman–Crippen LogP) is 0.718. The summed E-state index contributed by atoms with van der Waals surface area (Å²) in [5.41, 5.74) is 0. The van der Waals surface area contributed by atoms with Crippen LogP contribution in [-0.2, 0) is 4.79 Å². The Hall–Kier alpha value is -0.370. The average Bonchev–Trinajstić information content (AvgIpc) is 2.27. The van der Waals surface area contributed by atoms with Crippen LogP contribution < -0.4 is 5.32 Å². The monoisotopic (exact) mass is 139 g/mol. The number of piperidine rings is 1. The molecular weight excluding hydrogens is 126 g/mol. The molecule has 10 heavy (non-hydrogen) atoms. The van der Waals surface area contributed by atoms with Crippen molar-refractivity contribution in [2.45, 2.75) is 31.7 Å². The first-order chi connectivity index (χ1) is 4.86. The number of carbonyl (C=O) groups is 1. The first-order valence-corrected chi connectivity index (χ1v) is 4.11. The smallest absolute Gasteiger partial charge is 0.134 e. The van der Waals surface area contributed by atoms with E-state index in [1.165, 1.54) is 12.8 Å². The lowest BCUT2D eigenvalue weighted by molar-refractivity contribution is -0.117. The second kappa shape index (κ2) is 2.35. The van der Waals surface area contributed by atoms with Crippen molar-refractivity contribution in [2.24, 2.45) is 5.92 Å². The van der Waals surface area contributed by atoms with Crippen LogP contribution in [-0.4, -0.2) is 18.4 Å². The van der Waals surface area contributed by atoms with Crippen LogP contribution in [0, 0.1) is 5.92 Å². The first-order valence-electron chi connectivity index (χ1n) is 4.11. The van der Waals surface area contributed by atoms with E-state index in [0.717, 1.165) is 19.4 Å². The molecule has 1 saturated heterocycles. The highest BCUT2D eigenvalue weighted by atomic mass is 16.1. The van der Waals surface area contributed by atoms with E-state index in [-0.39, 0.29) is 0 Å². The van der Waals surface area contributed by atoms with Gasteiger partial charge in [0.05, 0.1) is 0 Å². The van der Waals surface area contributed by atoms with Gasteiger partial charge in [0.15, 0.2) is 0 Å². The Kier molecular flexibility index (Phi) is 1.49. The molecule has 0 radical (unpaired) electrons. The molecule has 0 spiro atoms. The Bertz CT molecular complexity index is 139. The number of nitrogens with one attached hydrogen (secondary N) is 1. The molecule has 1 heterocycles. The van der Waals surface area contributed by atoms with Gasteiger partial charge in [-0.05, 0) is 25.3 Å². The summed E-state index contributed by atoms with van der Waals surface area (Å²) in [5.74, 6) is 1.14. The molecule has 56 valence electrons. The van der Waals surface area contributed by atoms with Crippen molar-refractivity contribution in [1.82, 2.24) is 5.32 Å². The molecule has 1 N–H and O–H groups in total. The third-order valence-electron chi connectivity index (χ3n) is 2.66. The number of hydrogen-bond donors (Lipinski definition) is 1. The largest absolute Gasteiger partial charge is 0.313 e. The third kappa shape index (κ3) is 0.966. The fraction of sp³-hybridized carbons (Fsp3) is 0.875. The van der Waals surface area contributed by atoms with E-state index in [1.807, 2.05) is 0 Å². The molecule has 2 nitrogen and oxygen atoms in total. The number of fused-ring (bicyclic) bond motifs is 1. The summed E-state index contributed by atoms with van der Waals surface area (Å²) >= 11 is 0. The fourth-order valence-electron chi connectivity index (χ4n) is 2.12. The maximum Gasteiger partial charge on any atom is 0.134 e. The summed E-state index contributed by atoms with van der Waals surface area (Å²) < 4.78 is 0. The van der Waals surface area contributed by atoms with E-state index in [0.29, 0.717) is 17.7 Å². The maximum absolute atomic E-state index is 11.0. The number of carbonyl (C=O) groups excluding carboxylic acids is 1. The molecule has 2 aliphatic rings. The van der Waals surface area contributed by atoms with E-state index >= 15 is 0 Å². The number of rotatable bonds is 0. The Morgan fingerprint density at radius 3 is 3.10 bits per heavy atom. The minimum atomic E-state index is 0.462. The van der Waals surface area contributed by atoms with E-state index < -0.39 is 0 Å². The van der Waals surface area contributed by atoms with Crippen LogP contribution in [0.3, 0.4) is 0 Å². The van der Waals surface area contributed by atoms with Gasteiger partial charge in [0, 0.05) is 18.9 Å². The van der Waals surface area contributed by atoms with Crippen LogP contribution in [0.4, 0.5) is 0 Å². The lowest BCUT2D eigenvalue weighted by Gasteiger charge is -2.25. The normalized spacial score (nSPS) is 39.8. The SMILES string of the molecule is O=C1CC2CCCNC2C1. The molecular formula is C8H13NO. The predicted molar refractivity (Wildman–Crippen MR) is 38.8 cm³/mol. The van der Waals surface area contributed by atoms with Gasteiger partial charge >= 0.3 is 0 Å². The second-order valence-corrected chi connectivity index (χ2v) is 3.41. The standard InChI is InChI=1S/C8H13NO/c10-7-4-6-2-1-3-9-8(6)5-7/h6,8-9H,1-5H2. The Morgan fingerprint density at radius 2 is 2.30 bits per heavy atom. The van der Waals surface area contributed by atoms with Gasteiger partial charge in [-0.25, -0.2) is 0 Å². The summed E-state index contributed by atoms with van der Waals surface area (Å²) in [7, 11) is 0. The molecule has 2 heteroatoms. The van der Waals surface area contributed by atoms with Crippen LogP contribution in [0.5, 0.6) is 0 Å². The maximum atomic E-state index is 11.0. The van der Waals surface area contributed by atoms with Crippen molar-refractivity contribution < 1.29 is 4.79 Å². The second-order valence-electron chi connectivity index (χ2n) is 3.41. The van der Waals surface area contributed by atoms with Crippen LogP contribution in [0.15, 0.2) is 0 Å². The van der Waals surface area contributed by atoms with E-state index in [9.17, 15) is 4.79 Å². The van der Waals surface area contributed by atoms with Gasteiger partial charge in [0.2, 0.25) is 0 Å².